The van der Waals surface area contributed by atoms with Gasteiger partial charge in [-0.2, -0.15) is 5.26 Å². The van der Waals surface area contributed by atoms with Crippen molar-refractivity contribution in [1.29, 1.82) is 5.26 Å². The molecule has 0 aliphatic carbocycles. The fourth-order valence-electron chi connectivity index (χ4n) is 2.98. The minimum absolute atomic E-state index is 0.0580. The average molecular weight is 319 g/mol. The van der Waals surface area contributed by atoms with Crippen molar-refractivity contribution in [2.75, 3.05) is 11.4 Å². The first-order valence-corrected chi connectivity index (χ1v) is 7.78. The lowest BCUT2D eigenvalue weighted by Crippen LogP contribution is -2.43. The first-order valence-electron chi connectivity index (χ1n) is 7.78. The molecule has 1 heterocycles. The van der Waals surface area contributed by atoms with Crippen molar-refractivity contribution in [2.45, 2.75) is 19.4 Å². The highest BCUT2D eigenvalue weighted by atomic mass is 16.2. The first kappa shape index (κ1) is 15.8. The second-order valence-corrected chi connectivity index (χ2v) is 5.82. The molecule has 2 amide bonds. The van der Waals surface area contributed by atoms with Crippen LogP contribution >= 0.6 is 0 Å². The quantitative estimate of drug-likeness (QED) is 0.943. The van der Waals surface area contributed by atoms with Gasteiger partial charge in [0.15, 0.2) is 0 Å². The zero-order valence-corrected chi connectivity index (χ0v) is 13.3. The van der Waals surface area contributed by atoms with Crippen molar-refractivity contribution < 1.29 is 9.59 Å². The molecule has 0 fully saturated rings. The molecule has 0 radical (unpaired) electrons. The van der Waals surface area contributed by atoms with Crippen LogP contribution in [0.5, 0.6) is 0 Å². The maximum Gasteiger partial charge on any atom is 0.251 e. The molecule has 2 aromatic rings. The minimum Gasteiger partial charge on any atom is -0.343 e. The second-order valence-electron chi connectivity index (χ2n) is 5.82. The largest absolute Gasteiger partial charge is 0.343 e. The maximum atomic E-state index is 12.5. The van der Waals surface area contributed by atoms with Crippen LogP contribution in [0, 0.1) is 11.3 Å². The summed E-state index contributed by atoms with van der Waals surface area (Å²) >= 11 is 0. The van der Waals surface area contributed by atoms with Crippen molar-refractivity contribution in [1.82, 2.24) is 5.32 Å². The summed E-state index contributed by atoms with van der Waals surface area (Å²) in [5.74, 6) is -0.456. The number of rotatable bonds is 3. The highest BCUT2D eigenvalue weighted by Gasteiger charge is 2.30. The van der Waals surface area contributed by atoms with Crippen molar-refractivity contribution in [3.8, 4) is 6.07 Å². The molecule has 1 aliphatic rings. The van der Waals surface area contributed by atoms with E-state index in [-0.39, 0.29) is 24.4 Å². The van der Waals surface area contributed by atoms with E-state index >= 15 is 0 Å². The summed E-state index contributed by atoms with van der Waals surface area (Å²) in [6.07, 6.45) is 0.825. The van der Waals surface area contributed by atoms with E-state index in [0.29, 0.717) is 11.1 Å². The van der Waals surface area contributed by atoms with E-state index in [1.807, 2.05) is 37.3 Å². The van der Waals surface area contributed by atoms with E-state index in [1.54, 1.807) is 29.2 Å². The summed E-state index contributed by atoms with van der Waals surface area (Å²) in [5.41, 5.74) is 2.99. The van der Waals surface area contributed by atoms with Crippen LogP contribution in [-0.4, -0.2) is 24.4 Å². The third-order valence-corrected chi connectivity index (χ3v) is 4.15. The normalized spacial score (nSPS) is 15.5. The smallest absolute Gasteiger partial charge is 0.251 e. The number of nitrogens with zero attached hydrogens (tertiary/aromatic N) is 2. The highest BCUT2D eigenvalue weighted by molar-refractivity contribution is 6.01. The van der Waals surface area contributed by atoms with Crippen LogP contribution in [0.25, 0.3) is 0 Å². The number of hydrogen-bond acceptors (Lipinski definition) is 3. The Balaban J connectivity index is 1.65. The van der Waals surface area contributed by atoms with Crippen LogP contribution in [0.1, 0.15) is 28.4 Å². The van der Waals surface area contributed by atoms with Crippen LogP contribution < -0.4 is 10.2 Å². The van der Waals surface area contributed by atoms with Crippen LogP contribution in [0.4, 0.5) is 5.69 Å². The Bertz CT molecular complexity index is 821. The van der Waals surface area contributed by atoms with Gasteiger partial charge in [0, 0.05) is 17.3 Å². The Hall–Kier alpha value is -3.13. The Morgan fingerprint density at radius 3 is 2.62 bits per heavy atom. The molecule has 0 saturated carbocycles. The Morgan fingerprint density at radius 1 is 1.21 bits per heavy atom. The first-order chi connectivity index (χ1) is 11.6. The third kappa shape index (κ3) is 2.99. The monoisotopic (exact) mass is 319 g/mol. The molecular weight excluding hydrogens is 302 g/mol. The van der Waals surface area contributed by atoms with Gasteiger partial charge in [0.2, 0.25) is 5.91 Å². The van der Waals surface area contributed by atoms with Gasteiger partial charge in [-0.15, -0.1) is 0 Å². The molecule has 1 N–H and O–H groups in total. The predicted molar refractivity (Wildman–Crippen MR) is 90.6 cm³/mol. The lowest BCUT2D eigenvalue weighted by molar-refractivity contribution is -0.118. The number of amides is 2. The Labute approximate surface area is 140 Å². The van der Waals surface area contributed by atoms with E-state index in [9.17, 15) is 9.59 Å². The summed E-state index contributed by atoms with van der Waals surface area (Å²) in [7, 11) is 0. The number of fused-ring (bicyclic) bond motifs is 1. The minimum atomic E-state index is -0.326. The van der Waals surface area contributed by atoms with E-state index in [0.717, 1.165) is 17.7 Å². The van der Waals surface area contributed by atoms with Crippen molar-refractivity contribution in [3.63, 3.8) is 0 Å². The molecule has 5 nitrogen and oxygen atoms in total. The molecule has 1 atom stereocenters. The molecule has 24 heavy (non-hydrogen) atoms. The number of benzene rings is 2. The SMILES string of the molecule is CC1Cc2ccccc2N1C(=O)CNC(=O)c1ccc(C#N)cc1. The molecule has 5 heteroatoms. The topological polar surface area (TPSA) is 73.2 Å². The molecule has 1 aliphatic heterocycles. The Kier molecular flexibility index (Phi) is 4.30. The van der Waals surface area contributed by atoms with E-state index in [1.165, 1.54) is 0 Å². The molecule has 120 valence electrons. The van der Waals surface area contributed by atoms with Gasteiger partial charge >= 0.3 is 0 Å². The summed E-state index contributed by atoms with van der Waals surface area (Å²) in [5, 5.41) is 11.4. The standard InChI is InChI=1S/C19H17N3O2/c1-13-10-16-4-2-3-5-17(16)22(13)18(23)12-21-19(24)15-8-6-14(11-20)7-9-15/h2-9,13H,10,12H2,1H3,(H,21,24). The van der Waals surface area contributed by atoms with E-state index in [4.69, 9.17) is 5.26 Å². The molecule has 0 aromatic heterocycles. The highest BCUT2D eigenvalue weighted by Crippen LogP contribution is 2.31. The van der Waals surface area contributed by atoms with Crippen molar-refractivity contribution >= 4 is 17.5 Å². The predicted octanol–water partition coefficient (Wildman–Crippen LogP) is 2.27. The fourth-order valence-corrected chi connectivity index (χ4v) is 2.98. The molecule has 3 rings (SSSR count). The molecule has 2 aromatic carbocycles. The van der Waals surface area contributed by atoms with Crippen LogP contribution in [-0.2, 0) is 11.2 Å². The van der Waals surface area contributed by atoms with Crippen LogP contribution in [0.3, 0.4) is 0 Å². The third-order valence-electron chi connectivity index (χ3n) is 4.15. The van der Waals surface area contributed by atoms with Gasteiger partial charge in [-0.05, 0) is 49.2 Å². The summed E-state index contributed by atoms with van der Waals surface area (Å²) in [4.78, 5) is 26.4. The molecule has 0 bridgehead atoms. The zero-order chi connectivity index (χ0) is 17.1. The Morgan fingerprint density at radius 2 is 1.92 bits per heavy atom. The van der Waals surface area contributed by atoms with Gasteiger partial charge in [0.25, 0.3) is 5.91 Å². The van der Waals surface area contributed by atoms with Crippen molar-refractivity contribution in [2.24, 2.45) is 0 Å². The average Bonchev–Trinajstić information content (AvgIpc) is 2.95. The molecular formula is C19H17N3O2. The molecule has 1 unspecified atom stereocenters. The maximum absolute atomic E-state index is 12.5. The molecule has 0 spiro atoms. The van der Waals surface area contributed by atoms with Gasteiger partial charge in [-0.25, -0.2) is 0 Å². The van der Waals surface area contributed by atoms with E-state index in [2.05, 4.69) is 5.32 Å². The molecule has 0 saturated heterocycles. The number of nitriles is 1. The van der Waals surface area contributed by atoms with Crippen LogP contribution in [0.2, 0.25) is 0 Å². The van der Waals surface area contributed by atoms with Gasteiger partial charge in [0.1, 0.15) is 0 Å². The number of anilines is 1. The van der Waals surface area contributed by atoms with Crippen molar-refractivity contribution in [3.05, 3.63) is 65.2 Å². The number of carbonyl (C=O) groups excluding carboxylic acids is 2. The lowest BCUT2D eigenvalue weighted by Gasteiger charge is -2.22. The van der Waals surface area contributed by atoms with E-state index < -0.39 is 0 Å². The summed E-state index contributed by atoms with van der Waals surface area (Å²) in [6, 6.07) is 16.2. The zero-order valence-electron chi connectivity index (χ0n) is 13.3. The number of nitrogens with one attached hydrogen (secondary N) is 1. The van der Waals surface area contributed by atoms with Crippen LogP contribution in [0.15, 0.2) is 48.5 Å². The number of carbonyl (C=O) groups is 2. The van der Waals surface area contributed by atoms with Gasteiger partial charge < -0.3 is 10.2 Å². The van der Waals surface area contributed by atoms with Gasteiger partial charge in [-0.1, -0.05) is 18.2 Å². The lowest BCUT2D eigenvalue weighted by atomic mass is 10.1. The second kappa shape index (κ2) is 6.55. The fraction of sp³-hybridized carbons (Fsp3) is 0.211. The van der Waals surface area contributed by atoms with Gasteiger partial charge in [-0.3, -0.25) is 9.59 Å². The van der Waals surface area contributed by atoms with Gasteiger partial charge in [0.05, 0.1) is 18.2 Å². The number of hydrogen-bond donors (Lipinski definition) is 1. The summed E-state index contributed by atoms with van der Waals surface area (Å²) < 4.78 is 0. The summed E-state index contributed by atoms with van der Waals surface area (Å²) in [6.45, 7) is 1.94. The number of para-hydroxylation sites is 1.